The van der Waals surface area contributed by atoms with Crippen molar-refractivity contribution in [3.63, 3.8) is 0 Å². The zero-order valence-corrected chi connectivity index (χ0v) is 11.8. The fourth-order valence-corrected chi connectivity index (χ4v) is 2.39. The van der Waals surface area contributed by atoms with Crippen LogP contribution in [0.5, 0.6) is 5.75 Å². The van der Waals surface area contributed by atoms with Crippen LogP contribution in [0.2, 0.25) is 0 Å². The van der Waals surface area contributed by atoms with Gasteiger partial charge in [0, 0.05) is 26.2 Å². The summed E-state index contributed by atoms with van der Waals surface area (Å²) in [6.07, 6.45) is 0.891. The van der Waals surface area contributed by atoms with Crippen LogP contribution in [0.3, 0.4) is 0 Å². The Labute approximate surface area is 109 Å². The third-order valence-corrected chi connectivity index (χ3v) is 4.30. The second kappa shape index (κ2) is 6.17. The van der Waals surface area contributed by atoms with Crippen LogP contribution in [0.1, 0.15) is 18.9 Å². The first kappa shape index (κ1) is 14.9. The third kappa shape index (κ3) is 3.22. The van der Waals surface area contributed by atoms with Crippen molar-refractivity contribution in [3.05, 3.63) is 23.8 Å². The highest BCUT2D eigenvalue weighted by atomic mass is 32.2. The lowest BCUT2D eigenvalue weighted by Crippen LogP contribution is -2.22. The second-order valence-corrected chi connectivity index (χ2v) is 6.26. The van der Waals surface area contributed by atoms with Gasteiger partial charge in [-0.1, -0.05) is 6.92 Å². The largest absolute Gasteiger partial charge is 0.493 e. The van der Waals surface area contributed by atoms with Crippen LogP contribution in [0.25, 0.3) is 0 Å². The van der Waals surface area contributed by atoms with Crippen molar-refractivity contribution < 1.29 is 13.2 Å². The molecule has 0 radical (unpaired) electrons. The van der Waals surface area contributed by atoms with E-state index in [0.29, 0.717) is 17.9 Å². The summed E-state index contributed by atoms with van der Waals surface area (Å²) in [4.78, 5) is 0.233. The third-order valence-electron chi connectivity index (χ3n) is 2.49. The highest BCUT2D eigenvalue weighted by Crippen LogP contribution is 2.23. The second-order valence-electron chi connectivity index (χ2n) is 4.11. The molecule has 0 unspecified atom stereocenters. The quantitative estimate of drug-likeness (QED) is 0.844. The molecule has 0 saturated carbocycles. The number of benzene rings is 1. The van der Waals surface area contributed by atoms with E-state index in [4.69, 9.17) is 10.5 Å². The summed E-state index contributed by atoms with van der Waals surface area (Å²) in [6.45, 7) is 2.84. The molecule has 0 heterocycles. The molecule has 1 aromatic rings. The molecule has 0 amide bonds. The van der Waals surface area contributed by atoms with Gasteiger partial charge in [0.2, 0.25) is 10.0 Å². The normalized spacial score (nSPS) is 11.8. The number of nitrogens with zero attached hydrogens (tertiary/aromatic N) is 1. The molecule has 18 heavy (non-hydrogen) atoms. The molecule has 1 aromatic carbocycles. The van der Waals surface area contributed by atoms with Gasteiger partial charge in [0.15, 0.2) is 0 Å². The smallest absolute Gasteiger partial charge is 0.242 e. The molecule has 6 heteroatoms. The van der Waals surface area contributed by atoms with Crippen LogP contribution in [-0.2, 0) is 16.6 Å². The maximum atomic E-state index is 12.0. The van der Waals surface area contributed by atoms with Gasteiger partial charge in [-0.2, -0.15) is 0 Å². The monoisotopic (exact) mass is 272 g/mol. The molecule has 0 atom stereocenters. The van der Waals surface area contributed by atoms with Crippen LogP contribution in [0, 0.1) is 0 Å². The van der Waals surface area contributed by atoms with E-state index in [2.05, 4.69) is 0 Å². The molecular weight excluding hydrogens is 252 g/mol. The molecule has 0 fully saturated rings. The maximum absolute atomic E-state index is 12.0. The summed E-state index contributed by atoms with van der Waals surface area (Å²) in [5.74, 6) is 0.650. The van der Waals surface area contributed by atoms with E-state index >= 15 is 0 Å². The molecule has 2 N–H and O–H groups in total. The van der Waals surface area contributed by atoms with Crippen molar-refractivity contribution in [3.8, 4) is 5.75 Å². The Bertz CT molecular complexity index is 498. The maximum Gasteiger partial charge on any atom is 0.242 e. The predicted molar refractivity (Wildman–Crippen MR) is 71.0 cm³/mol. The number of nitrogens with two attached hydrogens (primary N) is 1. The summed E-state index contributed by atoms with van der Waals surface area (Å²) >= 11 is 0. The van der Waals surface area contributed by atoms with Crippen molar-refractivity contribution in [1.29, 1.82) is 0 Å². The standard InChI is InChI=1S/C12H20N2O3S/c1-4-7-17-12-6-5-11(8-10(12)9-13)18(15,16)14(2)3/h5-6,8H,4,7,9,13H2,1-3H3. The summed E-state index contributed by atoms with van der Waals surface area (Å²) in [7, 11) is -0.427. The predicted octanol–water partition coefficient (Wildman–Crippen LogP) is 1.18. The highest BCUT2D eigenvalue weighted by Gasteiger charge is 2.18. The van der Waals surface area contributed by atoms with Crippen molar-refractivity contribution >= 4 is 10.0 Å². The Kier molecular flexibility index (Phi) is 5.13. The van der Waals surface area contributed by atoms with Crippen molar-refractivity contribution in [2.45, 2.75) is 24.8 Å². The average Bonchev–Trinajstić information content (AvgIpc) is 2.35. The number of sulfonamides is 1. The molecule has 0 bridgehead atoms. The van der Waals surface area contributed by atoms with E-state index in [1.54, 1.807) is 18.2 Å². The van der Waals surface area contributed by atoms with Crippen LogP contribution >= 0.6 is 0 Å². The lowest BCUT2D eigenvalue weighted by atomic mass is 10.2. The molecular formula is C12H20N2O3S. The van der Waals surface area contributed by atoms with Crippen LogP contribution in [-0.4, -0.2) is 33.4 Å². The zero-order valence-electron chi connectivity index (χ0n) is 11.0. The summed E-state index contributed by atoms with van der Waals surface area (Å²) in [5, 5.41) is 0. The Morgan fingerprint density at radius 2 is 2.00 bits per heavy atom. The molecule has 0 spiro atoms. The lowest BCUT2D eigenvalue weighted by Gasteiger charge is -2.14. The van der Waals surface area contributed by atoms with Crippen molar-refractivity contribution in [2.24, 2.45) is 5.73 Å². The fraction of sp³-hybridized carbons (Fsp3) is 0.500. The average molecular weight is 272 g/mol. The number of hydrogen-bond acceptors (Lipinski definition) is 4. The number of rotatable bonds is 6. The molecule has 0 saturated heterocycles. The van der Waals surface area contributed by atoms with E-state index in [1.165, 1.54) is 18.4 Å². The number of hydrogen-bond donors (Lipinski definition) is 1. The first-order valence-electron chi connectivity index (χ1n) is 5.81. The summed E-state index contributed by atoms with van der Waals surface area (Å²) in [5.41, 5.74) is 6.32. The van der Waals surface area contributed by atoms with Gasteiger partial charge < -0.3 is 10.5 Å². The lowest BCUT2D eigenvalue weighted by molar-refractivity contribution is 0.314. The highest BCUT2D eigenvalue weighted by molar-refractivity contribution is 7.89. The Hall–Kier alpha value is -1.11. The van der Waals surface area contributed by atoms with E-state index in [0.717, 1.165) is 6.42 Å². The molecule has 0 aliphatic rings. The fourth-order valence-electron chi connectivity index (χ4n) is 1.44. The van der Waals surface area contributed by atoms with E-state index in [9.17, 15) is 8.42 Å². The van der Waals surface area contributed by atoms with Gasteiger partial charge >= 0.3 is 0 Å². The van der Waals surface area contributed by atoms with Gasteiger partial charge in [-0.05, 0) is 24.6 Å². The van der Waals surface area contributed by atoms with Crippen LogP contribution in [0.15, 0.2) is 23.1 Å². The minimum absolute atomic E-state index is 0.233. The SMILES string of the molecule is CCCOc1ccc(S(=O)(=O)N(C)C)cc1CN. The summed E-state index contributed by atoms with van der Waals surface area (Å²) in [6, 6.07) is 4.77. The van der Waals surface area contributed by atoms with E-state index in [1.807, 2.05) is 6.92 Å². The molecule has 0 aromatic heterocycles. The van der Waals surface area contributed by atoms with Gasteiger partial charge in [-0.25, -0.2) is 12.7 Å². The molecule has 5 nitrogen and oxygen atoms in total. The van der Waals surface area contributed by atoms with E-state index < -0.39 is 10.0 Å². The molecule has 0 aliphatic heterocycles. The number of ether oxygens (including phenoxy) is 1. The van der Waals surface area contributed by atoms with Gasteiger partial charge in [-0.3, -0.25) is 0 Å². The topological polar surface area (TPSA) is 72.6 Å². The van der Waals surface area contributed by atoms with E-state index in [-0.39, 0.29) is 11.4 Å². The molecule has 1 rings (SSSR count). The zero-order chi connectivity index (χ0) is 13.8. The molecule has 102 valence electrons. The van der Waals surface area contributed by atoms with Gasteiger partial charge in [0.25, 0.3) is 0 Å². The van der Waals surface area contributed by atoms with Crippen molar-refractivity contribution in [2.75, 3.05) is 20.7 Å². The molecule has 0 aliphatic carbocycles. The Balaban J connectivity index is 3.13. The summed E-state index contributed by atoms with van der Waals surface area (Å²) < 4.78 is 30.6. The van der Waals surface area contributed by atoms with Crippen LogP contribution in [0.4, 0.5) is 0 Å². The minimum Gasteiger partial charge on any atom is -0.493 e. The van der Waals surface area contributed by atoms with Gasteiger partial charge in [0.1, 0.15) is 5.75 Å². The van der Waals surface area contributed by atoms with Crippen LogP contribution < -0.4 is 10.5 Å². The Morgan fingerprint density at radius 1 is 1.33 bits per heavy atom. The minimum atomic E-state index is -3.42. The van der Waals surface area contributed by atoms with Gasteiger partial charge in [0.05, 0.1) is 11.5 Å². The van der Waals surface area contributed by atoms with Gasteiger partial charge in [-0.15, -0.1) is 0 Å². The first-order valence-corrected chi connectivity index (χ1v) is 7.25. The first-order chi connectivity index (χ1) is 8.43. The Morgan fingerprint density at radius 3 is 2.50 bits per heavy atom. The van der Waals surface area contributed by atoms with Crippen molar-refractivity contribution in [1.82, 2.24) is 4.31 Å².